The lowest BCUT2D eigenvalue weighted by molar-refractivity contribution is 0.315. The maximum absolute atomic E-state index is 13.0. The van der Waals surface area contributed by atoms with Crippen LogP contribution in [0.15, 0.2) is 16.6 Å². The number of benzene rings is 1. The molecule has 1 aliphatic rings. The number of hydrogen-bond donors (Lipinski definition) is 0. The molecule has 2 nitrogen and oxygen atoms in total. The van der Waals surface area contributed by atoms with E-state index in [9.17, 15) is 4.39 Å². The molecule has 0 unspecified atom stereocenters. The molecular weight excluding hydrogens is 260 g/mol. The molecule has 0 aromatic heterocycles. The highest BCUT2D eigenvalue weighted by molar-refractivity contribution is 9.10. The van der Waals surface area contributed by atoms with Crippen molar-refractivity contribution < 1.29 is 9.13 Å². The van der Waals surface area contributed by atoms with Gasteiger partial charge < -0.3 is 4.74 Å². The highest BCUT2D eigenvalue weighted by Crippen LogP contribution is 2.36. The Morgan fingerprint density at radius 1 is 1.54 bits per heavy atom. The van der Waals surface area contributed by atoms with Crippen molar-refractivity contribution in [2.45, 2.75) is 0 Å². The van der Waals surface area contributed by atoms with Crippen molar-refractivity contribution in [3.63, 3.8) is 0 Å². The summed E-state index contributed by atoms with van der Waals surface area (Å²) in [6.45, 7) is 1.09. The molecule has 0 spiro atoms. The molecule has 0 saturated heterocycles. The van der Waals surface area contributed by atoms with Crippen LogP contribution in [0.3, 0.4) is 0 Å². The zero-order valence-electron chi connectivity index (χ0n) is 6.56. The van der Waals surface area contributed by atoms with Gasteiger partial charge in [-0.3, -0.25) is 4.42 Å². The number of hydrogen-bond acceptors (Lipinski definition) is 2. The number of rotatable bonds is 0. The lowest BCUT2D eigenvalue weighted by atomic mass is 10.2. The standard InChI is InChI=1S/C8H6BrClFNO/c9-5-3-7-8(4-6(5)11)13-2-1-12(7)10/h3-4H,1-2H2. The van der Waals surface area contributed by atoms with Gasteiger partial charge in [0.15, 0.2) is 0 Å². The summed E-state index contributed by atoms with van der Waals surface area (Å²) in [4.78, 5) is 0. The fourth-order valence-electron chi connectivity index (χ4n) is 1.18. The van der Waals surface area contributed by atoms with Gasteiger partial charge in [0.2, 0.25) is 0 Å². The van der Waals surface area contributed by atoms with E-state index in [2.05, 4.69) is 15.9 Å². The summed E-state index contributed by atoms with van der Waals surface area (Å²) < 4.78 is 20.2. The average Bonchev–Trinajstić information content (AvgIpc) is 2.09. The average molecular weight is 266 g/mol. The van der Waals surface area contributed by atoms with Crippen molar-refractivity contribution >= 4 is 33.4 Å². The molecule has 2 rings (SSSR count). The van der Waals surface area contributed by atoms with Crippen LogP contribution in [0.4, 0.5) is 10.1 Å². The van der Waals surface area contributed by atoms with Crippen molar-refractivity contribution in [1.29, 1.82) is 0 Å². The van der Waals surface area contributed by atoms with Crippen LogP contribution in [0.25, 0.3) is 0 Å². The Kier molecular flexibility index (Phi) is 2.34. The Morgan fingerprint density at radius 3 is 3.08 bits per heavy atom. The van der Waals surface area contributed by atoms with Crippen LogP contribution in [0.5, 0.6) is 5.75 Å². The molecule has 0 fully saturated rings. The highest BCUT2D eigenvalue weighted by atomic mass is 79.9. The summed E-state index contributed by atoms with van der Waals surface area (Å²) in [6, 6.07) is 2.94. The normalized spacial score (nSPS) is 15.2. The van der Waals surface area contributed by atoms with E-state index in [4.69, 9.17) is 16.5 Å². The summed E-state index contributed by atoms with van der Waals surface area (Å²) in [5.74, 6) is 0.146. The molecule has 70 valence electrons. The van der Waals surface area contributed by atoms with E-state index in [0.29, 0.717) is 29.1 Å². The van der Waals surface area contributed by atoms with E-state index >= 15 is 0 Å². The molecule has 0 radical (unpaired) electrons. The summed E-state index contributed by atoms with van der Waals surface area (Å²) in [7, 11) is 0. The first-order valence-corrected chi connectivity index (χ1v) is 4.87. The van der Waals surface area contributed by atoms with Crippen LogP contribution < -0.4 is 9.16 Å². The largest absolute Gasteiger partial charge is 0.489 e. The molecule has 0 aliphatic carbocycles. The third kappa shape index (κ3) is 1.60. The monoisotopic (exact) mass is 265 g/mol. The van der Waals surface area contributed by atoms with Gasteiger partial charge in [-0.05, 0) is 22.0 Å². The van der Waals surface area contributed by atoms with Crippen LogP contribution in [0.2, 0.25) is 0 Å². The number of halogens is 3. The molecule has 5 heteroatoms. The second kappa shape index (κ2) is 3.35. The molecule has 13 heavy (non-hydrogen) atoms. The van der Waals surface area contributed by atoms with Crippen LogP contribution in [-0.4, -0.2) is 13.2 Å². The molecule has 1 aromatic rings. The number of ether oxygens (including phenoxy) is 1. The van der Waals surface area contributed by atoms with Gasteiger partial charge in [-0.25, -0.2) is 4.39 Å². The van der Waals surface area contributed by atoms with E-state index < -0.39 is 0 Å². The molecular formula is C8H6BrClFNO. The number of anilines is 1. The Morgan fingerprint density at radius 2 is 2.31 bits per heavy atom. The quantitative estimate of drug-likeness (QED) is 0.670. The summed E-state index contributed by atoms with van der Waals surface area (Å²) in [5.41, 5.74) is 0.696. The van der Waals surface area contributed by atoms with Crippen molar-refractivity contribution in [3.8, 4) is 5.75 Å². The van der Waals surface area contributed by atoms with Gasteiger partial charge in [-0.2, -0.15) is 0 Å². The van der Waals surface area contributed by atoms with Gasteiger partial charge in [0.25, 0.3) is 0 Å². The van der Waals surface area contributed by atoms with Crippen LogP contribution in [0, 0.1) is 5.82 Å². The van der Waals surface area contributed by atoms with Gasteiger partial charge in [-0.1, -0.05) is 0 Å². The van der Waals surface area contributed by atoms with Crippen molar-refractivity contribution in [3.05, 3.63) is 22.4 Å². The summed E-state index contributed by atoms with van der Waals surface area (Å²) in [6.07, 6.45) is 0. The first-order chi connectivity index (χ1) is 6.18. The van der Waals surface area contributed by atoms with E-state index in [1.807, 2.05) is 0 Å². The third-order valence-electron chi connectivity index (χ3n) is 1.81. The minimum Gasteiger partial charge on any atom is -0.489 e. The number of fused-ring (bicyclic) bond motifs is 1. The molecule has 1 aromatic carbocycles. The highest BCUT2D eigenvalue weighted by Gasteiger charge is 2.18. The lowest BCUT2D eigenvalue weighted by Crippen LogP contribution is -2.24. The zero-order valence-corrected chi connectivity index (χ0v) is 8.90. The maximum atomic E-state index is 13.0. The molecule has 1 heterocycles. The van der Waals surface area contributed by atoms with Crippen LogP contribution >= 0.6 is 27.7 Å². The molecule has 0 amide bonds. The Balaban J connectivity index is 2.52. The second-order valence-electron chi connectivity index (χ2n) is 2.67. The van der Waals surface area contributed by atoms with E-state index in [1.165, 1.54) is 10.5 Å². The molecule has 0 N–H and O–H groups in total. The minimum absolute atomic E-state index is 0.342. The molecule has 1 aliphatic heterocycles. The zero-order chi connectivity index (χ0) is 9.42. The van der Waals surface area contributed by atoms with Crippen molar-refractivity contribution in [2.24, 2.45) is 0 Å². The van der Waals surface area contributed by atoms with Crippen LogP contribution in [-0.2, 0) is 0 Å². The molecule has 0 atom stereocenters. The predicted molar refractivity (Wildman–Crippen MR) is 52.8 cm³/mol. The van der Waals surface area contributed by atoms with Gasteiger partial charge in [0, 0.05) is 17.8 Å². The van der Waals surface area contributed by atoms with Crippen molar-refractivity contribution in [2.75, 3.05) is 17.6 Å². The van der Waals surface area contributed by atoms with E-state index in [0.717, 1.165) is 0 Å². The van der Waals surface area contributed by atoms with E-state index in [1.54, 1.807) is 6.07 Å². The Hall–Kier alpha value is -0.480. The first kappa shape index (κ1) is 9.09. The predicted octanol–water partition coefficient (Wildman–Crippen LogP) is 2.94. The van der Waals surface area contributed by atoms with Crippen molar-refractivity contribution in [1.82, 2.24) is 0 Å². The smallest absolute Gasteiger partial charge is 0.146 e. The Labute approximate surface area is 88.5 Å². The fourth-order valence-corrected chi connectivity index (χ4v) is 1.71. The maximum Gasteiger partial charge on any atom is 0.146 e. The van der Waals surface area contributed by atoms with Gasteiger partial charge in [0.05, 0.1) is 16.7 Å². The topological polar surface area (TPSA) is 12.5 Å². The van der Waals surface area contributed by atoms with Gasteiger partial charge in [0.1, 0.15) is 18.2 Å². The molecule has 0 saturated carbocycles. The number of nitrogens with zero attached hydrogens (tertiary/aromatic N) is 1. The van der Waals surface area contributed by atoms with Gasteiger partial charge >= 0.3 is 0 Å². The lowest BCUT2D eigenvalue weighted by Gasteiger charge is -2.25. The SMILES string of the molecule is Fc1cc2c(cc1Br)N(Cl)CCO2. The summed E-state index contributed by atoms with van der Waals surface area (Å²) in [5, 5.41) is 0. The Bertz CT molecular complexity index is 347. The van der Waals surface area contributed by atoms with Gasteiger partial charge in [-0.15, -0.1) is 0 Å². The van der Waals surface area contributed by atoms with E-state index in [-0.39, 0.29) is 5.82 Å². The minimum atomic E-state index is -0.342. The summed E-state index contributed by atoms with van der Waals surface area (Å²) >= 11 is 8.97. The third-order valence-corrected chi connectivity index (χ3v) is 2.77. The fraction of sp³-hybridized carbons (Fsp3) is 0.250. The van der Waals surface area contributed by atoms with Crippen LogP contribution in [0.1, 0.15) is 0 Å². The first-order valence-electron chi connectivity index (χ1n) is 3.73. The molecule has 0 bridgehead atoms. The second-order valence-corrected chi connectivity index (χ2v) is 3.93.